The van der Waals surface area contributed by atoms with Crippen molar-refractivity contribution in [2.75, 3.05) is 13.2 Å². The predicted molar refractivity (Wildman–Crippen MR) is 93.9 cm³/mol. The van der Waals surface area contributed by atoms with Crippen molar-refractivity contribution in [2.45, 2.75) is 65.9 Å². The van der Waals surface area contributed by atoms with Crippen LogP contribution in [0.15, 0.2) is 5.38 Å². The summed E-state index contributed by atoms with van der Waals surface area (Å²) >= 11 is 1.60. The number of thiazole rings is 1. The first-order chi connectivity index (χ1) is 10.3. The molecule has 1 rings (SSSR count). The number of aliphatic hydroxyl groups is 1. The molecule has 23 heavy (non-hydrogen) atoms. The minimum Gasteiger partial charge on any atom is -0.444 e. The van der Waals surface area contributed by atoms with Crippen LogP contribution in [0.3, 0.4) is 0 Å². The quantitative estimate of drug-likeness (QED) is 0.859. The molecule has 0 spiro atoms. The van der Waals surface area contributed by atoms with Crippen LogP contribution >= 0.6 is 11.3 Å². The van der Waals surface area contributed by atoms with Gasteiger partial charge in [-0.05, 0) is 20.8 Å². The number of ether oxygens (including phenoxy) is 1. The summed E-state index contributed by atoms with van der Waals surface area (Å²) < 4.78 is 5.23. The lowest BCUT2D eigenvalue weighted by Gasteiger charge is -2.28. The SMILES string of the molecule is CC(CO)(CNC(=O)OC(C)(C)C)Cc1nc(C(C)(C)C)cs1. The Labute approximate surface area is 143 Å². The first kappa shape index (κ1) is 19.9. The molecule has 2 N–H and O–H groups in total. The Hall–Kier alpha value is -1.14. The van der Waals surface area contributed by atoms with Gasteiger partial charge in [0.1, 0.15) is 5.60 Å². The average molecular weight is 343 g/mol. The lowest BCUT2D eigenvalue weighted by molar-refractivity contribution is 0.0478. The molecular formula is C17H30N2O3S. The predicted octanol–water partition coefficient (Wildman–Crippen LogP) is 3.51. The van der Waals surface area contributed by atoms with Gasteiger partial charge >= 0.3 is 6.09 Å². The van der Waals surface area contributed by atoms with Crippen molar-refractivity contribution in [3.05, 3.63) is 16.1 Å². The van der Waals surface area contributed by atoms with Gasteiger partial charge < -0.3 is 15.2 Å². The van der Waals surface area contributed by atoms with Gasteiger partial charge in [0, 0.05) is 29.2 Å². The average Bonchev–Trinajstić information content (AvgIpc) is 2.83. The molecule has 1 atom stereocenters. The van der Waals surface area contributed by atoms with Gasteiger partial charge in [-0.3, -0.25) is 0 Å². The molecule has 132 valence electrons. The monoisotopic (exact) mass is 342 g/mol. The third-order valence-corrected chi connectivity index (χ3v) is 4.19. The number of alkyl carbamates (subject to hydrolysis) is 1. The van der Waals surface area contributed by atoms with Gasteiger partial charge in [0.05, 0.1) is 17.3 Å². The fourth-order valence-corrected chi connectivity index (χ4v) is 3.11. The largest absolute Gasteiger partial charge is 0.444 e. The van der Waals surface area contributed by atoms with Crippen molar-refractivity contribution < 1.29 is 14.6 Å². The van der Waals surface area contributed by atoms with E-state index in [-0.39, 0.29) is 12.0 Å². The first-order valence-electron chi connectivity index (χ1n) is 7.87. The summed E-state index contributed by atoms with van der Waals surface area (Å²) in [6, 6.07) is 0. The van der Waals surface area contributed by atoms with E-state index >= 15 is 0 Å². The lowest BCUT2D eigenvalue weighted by atomic mass is 9.88. The normalized spacial score (nSPS) is 15.1. The highest BCUT2D eigenvalue weighted by Crippen LogP contribution is 2.28. The molecule has 1 amide bonds. The molecule has 0 radical (unpaired) electrons. The van der Waals surface area contributed by atoms with Gasteiger partial charge in [0.25, 0.3) is 0 Å². The third-order valence-electron chi connectivity index (χ3n) is 3.34. The number of rotatable bonds is 5. The number of nitrogens with zero attached hydrogens (tertiary/aromatic N) is 1. The van der Waals surface area contributed by atoms with E-state index in [1.54, 1.807) is 11.3 Å². The number of carbonyl (C=O) groups is 1. The molecule has 0 aliphatic heterocycles. The fraction of sp³-hybridized carbons (Fsp3) is 0.765. The Bertz CT molecular complexity index is 529. The summed E-state index contributed by atoms with van der Waals surface area (Å²) in [5, 5.41) is 15.5. The summed E-state index contributed by atoms with van der Waals surface area (Å²) in [4.78, 5) is 16.4. The fourth-order valence-electron chi connectivity index (χ4n) is 1.88. The van der Waals surface area contributed by atoms with Crippen LogP contribution in [0, 0.1) is 5.41 Å². The van der Waals surface area contributed by atoms with Gasteiger partial charge in [0.2, 0.25) is 0 Å². The summed E-state index contributed by atoms with van der Waals surface area (Å²) in [5.74, 6) is 0. The van der Waals surface area contributed by atoms with Crippen LogP contribution in [0.1, 0.15) is 59.2 Å². The Balaban J connectivity index is 2.67. The van der Waals surface area contributed by atoms with Crippen molar-refractivity contribution >= 4 is 17.4 Å². The summed E-state index contributed by atoms with van der Waals surface area (Å²) in [6.07, 6.45) is 0.145. The van der Waals surface area contributed by atoms with Crippen LogP contribution < -0.4 is 5.32 Å². The third kappa shape index (κ3) is 6.87. The molecule has 0 saturated carbocycles. The Kier molecular flexibility index (Phi) is 6.21. The van der Waals surface area contributed by atoms with Crippen LogP contribution in [-0.4, -0.2) is 34.9 Å². The van der Waals surface area contributed by atoms with Gasteiger partial charge in [0.15, 0.2) is 0 Å². The van der Waals surface area contributed by atoms with Crippen molar-refractivity contribution in [1.82, 2.24) is 10.3 Å². The molecule has 0 aliphatic rings. The van der Waals surface area contributed by atoms with E-state index in [2.05, 4.69) is 36.5 Å². The number of hydrogen-bond acceptors (Lipinski definition) is 5. The van der Waals surface area contributed by atoms with Crippen LogP contribution in [0.25, 0.3) is 0 Å². The summed E-state index contributed by atoms with van der Waals surface area (Å²) in [6.45, 7) is 14.1. The van der Waals surface area contributed by atoms with Gasteiger partial charge in [-0.25, -0.2) is 9.78 Å². The van der Waals surface area contributed by atoms with Crippen LogP contribution in [0.2, 0.25) is 0 Å². The standard InChI is InChI=1S/C17H30N2O3S/c1-15(2,3)12-9-23-13(19-12)8-17(7,11-20)10-18-14(21)22-16(4,5)6/h9,20H,8,10-11H2,1-7H3,(H,18,21). The van der Waals surface area contributed by atoms with E-state index in [4.69, 9.17) is 4.74 Å². The molecule has 0 fully saturated rings. The Morgan fingerprint density at radius 2 is 1.87 bits per heavy atom. The Morgan fingerprint density at radius 1 is 1.26 bits per heavy atom. The molecular weight excluding hydrogens is 312 g/mol. The summed E-state index contributed by atoms with van der Waals surface area (Å²) in [5.41, 5.74) is 0.0672. The van der Waals surface area contributed by atoms with Gasteiger partial charge in [-0.2, -0.15) is 0 Å². The molecule has 1 aromatic rings. The highest BCUT2D eigenvalue weighted by Gasteiger charge is 2.28. The second-order valence-corrected chi connectivity index (χ2v) is 9.32. The van der Waals surface area contributed by atoms with E-state index in [1.165, 1.54) is 0 Å². The highest BCUT2D eigenvalue weighted by atomic mass is 32.1. The number of amides is 1. The van der Waals surface area contributed by atoms with Crippen LogP contribution in [-0.2, 0) is 16.6 Å². The Morgan fingerprint density at radius 3 is 2.30 bits per heavy atom. The molecule has 1 aromatic heterocycles. The highest BCUT2D eigenvalue weighted by molar-refractivity contribution is 7.09. The maximum Gasteiger partial charge on any atom is 0.407 e. The zero-order chi connectivity index (χ0) is 17.9. The molecule has 1 unspecified atom stereocenters. The zero-order valence-corrected chi connectivity index (χ0v) is 16.1. The summed E-state index contributed by atoms with van der Waals surface area (Å²) in [7, 11) is 0. The van der Waals surface area contributed by atoms with Crippen LogP contribution in [0.4, 0.5) is 4.79 Å². The molecule has 6 heteroatoms. The van der Waals surface area contributed by atoms with E-state index in [0.29, 0.717) is 13.0 Å². The smallest absolute Gasteiger partial charge is 0.407 e. The topological polar surface area (TPSA) is 71.5 Å². The van der Waals surface area contributed by atoms with E-state index in [0.717, 1.165) is 10.7 Å². The first-order valence-corrected chi connectivity index (χ1v) is 8.75. The maximum absolute atomic E-state index is 11.8. The lowest BCUT2D eigenvalue weighted by Crippen LogP contribution is -2.41. The minimum absolute atomic E-state index is 0.0130. The number of aromatic nitrogens is 1. The molecule has 0 saturated heterocycles. The van der Waals surface area contributed by atoms with Gasteiger partial charge in [-0.1, -0.05) is 27.7 Å². The van der Waals surface area contributed by atoms with Crippen molar-refractivity contribution in [1.29, 1.82) is 0 Å². The number of carbonyl (C=O) groups excluding carboxylic acids is 1. The van der Waals surface area contributed by atoms with Crippen molar-refractivity contribution in [2.24, 2.45) is 5.41 Å². The van der Waals surface area contributed by atoms with E-state index in [9.17, 15) is 9.90 Å². The minimum atomic E-state index is -0.531. The van der Waals surface area contributed by atoms with Crippen molar-refractivity contribution in [3.63, 3.8) is 0 Å². The molecule has 0 bridgehead atoms. The van der Waals surface area contributed by atoms with E-state index in [1.807, 2.05) is 27.7 Å². The number of hydrogen-bond donors (Lipinski definition) is 2. The zero-order valence-electron chi connectivity index (χ0n) is 15.3. The van der Waals surface area contributed by atoms with Crippen molar-refractivity contribution in [3.8, 4) is 0 Å². The second kappa shape index (κ2) is 7.18. The number of aliphatic hydroxyl groups excluding tert-OH is 1. The second-order valence-electron chi connectivity index (χ2n) is 8.38. The molecule has 0 aliphatic carbocycles. The van der Waals surface area contributed by atoms with Crippen LogP contribution in [0.5, 0.6) is 0 Å². The molecule has 5 nitrogen and oxygen atoms in total. The molecule has 1 heterocycles. The maximum atomic E-state index is 11.8. The molecule has 0 aromatic carbocycles. The number of nitrogens with one attached hydrogen (secondary N) is 1. The van der Waals surface area contributed by atoms with E-state index < -0.39 is 17.1 Å². The van der Waals surface area contributed by atoms with Gasteiger partial charge in [-0.15, -0.1) is 11.3 Å².